The van der Waals surface area contributed by atoms with E-state index in [4.69, 9.17) is 9.72 Å². The van der Waals surface area contributed by atoms with E-state index in [0.29, 0.717) is 23.8 Å². The van der Waals surface area contributed by atoms with E-state index in [-0.39, 0.29) is 17.2 Å². The molecule has 5 aromatic rings. The van der Waals surface area contributed by atoms with Crippen LogP contribution in [0.5, 0.6) is 11.8 Å². The zero-order valence-electron chi connectivity index (χ0n) is 21.1. The van der Waals surface area contributed by atoms with Gasteiger partial charge in [-0.1, -0.05) is 80.6 Å². The molecule has 5 heteroatoms. The molecule has 1 aliphatic rings. The highest BCUT2D eigenvalue weighted by atomic mass is 16.5. The van der Waals surface area contributed by atoms with Crippen LogP contribution >= 0.6 is 0 Å². The van der Waals surface area contributed by atoms with Crippen molar-refractivity contribution in [2.75, 3.05) is 6.61 Å². The number of aromatic nitrogens is 3. The first kappa shape index (κ1) is 22.9. The van der Waals surface area contributed by atoms with Gasteiger partial charge in [-0.3, -0.25) is 0 Å². The highest BCUT2D eigenvalue weighted by Crippen LogP contribution is 2.50. The zero-order valence-corrected chi connectivity index (χ0v) is 21.1. The highest BCUT2D eigenvalue weighted by Gasteiger charge is 2.36. The quantitative estimate of drug-likeness (QED) is 0.283. The van der Waals surface area contributed by atoms with Crippen molar-refractivity contribution in [3.63, 3.8) is 0 Å². The fourth-order valence-electron chi connectivity index (χ4n) is 5.15. The van der Waals surface area contributed by atoms with Gasteiger partial charge in [0.1, 0.15) is 5.75 Å². The van der Waals surface area contributed by atoms with Crippen LogP contribution in [0.3, 0.4) is 0 Å². The number of phenolic OH excluding ortho intramolecular Hbond substituents is 1. The summed E-state index contributed by atoms with van der Waals surface area (Å²) in [6, 6.07) is 30.9. The van der Waals surface area contributed by atoms with Gasteiger partial charge in [-0.05, 0) is 64.6 Å². The van der Waals surface area contributed by atoms with Gasteiger partial charge in [0, 0.05) is 11.0 Å². The fourth-order valence-corrected chi connectivity index (χ4v) is 5.15. The maximum Gasteiger partial charge on any atom is 0.320 e. The van der Waals surface area contributed by atoms with E-state index in [1.807, 2.05) is 19.1 Å². The summed E-state index contributed by atoms with van der Waals surface area (Å²) in [6.07, 6.45) is 0. The van der Waals surface area contributed by atoms with Gasteiger partial charge in [-0.2, -0.15) is 9.97 Å². The number of phenols is 1. The Morgan fingerprint density at radius 1 is 0.649 bits per heavy atom. The Labute approximate surface area is 216 Å². The second-order valence-electron chi connectivity index (χ2n) is 9.73. The van der Waals surface area contributed by atoms with Crippen molar-refractivity contribution in [2.45, 2.75) is 26.2 Å². The van der Waals surface area contributed by atoms with Crippen molar-refractivity contribution in [1.82, 2.24) is 15.0 Å². The molecule has 0 radical (unpaired) electrons. The Morgan fingerprint density at radius 3 is 1.97 bits per heavy atom. The van der Waals surface area contributed by atoms with Crippen LogP contribution in [0.1, 0.15) is 31.9 Å². The second-order valence-corrected chi connectivity index (χ2v) is 9.73. The maximum absolute atomic E-state index is 10.4. The first-order valence-electron chi connectivity index (χ1n) is 12.5. The fraction of sp³-hybridized carbons (Fsp3) is 0.156. The summed E-state index contributed by atoms with van der Waals surface area (Å²) in [6.45, 7) is 6.85. The molecule has 4 aromatic carbocycles. The van der Waals surface area contributed by atoms with Crippen LogP contribution in [0, 0.1) is 0 Å². The Balaban J connectivity index is 1.45. The lowest BCUT2D eigenvalue weighted by molar-refractivity contribution is 0.312. The molecule has 37 heavy (non-hydrogen) atoms. The molecule has 6 rings (SSSR count). The number of para-hydroxylation sites is 1. The SMILES string of the molecule is CCOc1nc(-c2ccc3c(c2)C(C)(C)c2cc(-c4ccccc4)ccc2-3)nc(-c2ccccc2O)n1. The van der Waals surface area contributed by atoms with Gasteiger partial charge in [0.15, 0.2) is 11.6 Å². The highest BCUT2D eigenvalue weighted by molar-refractivity contribution is 5.85. The van der Waals surface area contributed by atoms with Crippen molar-refractivity contribution >= 4 is 0 Å². The lowest BCUT2D eigenvalue weighted by atomic mass is 9.81. The summed E-state index contributed by atoms with van der Waals surface area (Å²) >= 11 is 0. The molecule has 0 bridgehead atoms. The number of aromatic hydroxyl groups is 1. The molecular formula is C32H27N3O2. The predicted molar refractivity (Wildman–Crippen MR) is 147 cm³/mol. The molecule has 182 valence electrons. The van der Waals surface area contributed by atoms with E-state index in [1.165, 1.54) is 33.4 Å². The molecule has 0 spiro atoms. The maximum atomic E-state index is 10.4. The van der Waals surface area contributed by atoms with Gasteiger partial charge >= 0.3 is 6.01 Å². The summed E-state index contributed by atoms with van der Waals surface area (Å²) < 4.78 is 5.67. The van der Waals surface area contributed by atoms with Gasteiger partial charge < -0.3 is 9.84 Å². The Kier molecular flexibility index (Phi) is 5.49. The normalized spacial score (nSPS) is 13.2. The minimum atomic E-state index is -0.193. The van der Waals surface area contributed by atoms with Gasteiger partial charge in [0.2, 0.25) is 0 Å². The van der Waals surface area contributed by atoms with Gasteiger partial charge in [0.25, 0.3) is 0 Å². The number of nitrogens with zero attached hydrogens (tertiary/aromatic N) is 3. The molecule has 1 aromatic heterocycles. The summed E-state index contributed by atoms with van der Waals surface area (Å²) in [5.74, 6) is 1.00. The summed E-state index contributed by atoms with van der Waals surface area (Å²) in [4.78, 5) is 13.8. The second kappa shape index (κ2) is 8.86. The van der Waals surface area contributed by atoms with Crippen LogP contribution in [0.25, 0.3) is 45.0 Å². The molecule has 1 heterocycles. The monoisotopic (exact) mass is 485 g/mol. The summed E-state index contributed by atoms with van der Waals surface area (Å²) in [5.41, 5.74) is 8.67. The number of benzene rings is 4. The largest absolute Gasteiger partial charge is 0.507 e. The summed E-state index contributed by atoms with van der Waals surface area (Å²) in [7, 11) is 0. The van der Waals surface area contributed by atoms with Crippen LogP contribution in [0.15, 0.2) is 91.0 Å². The van der Waals surface area contributed by atoms with Crippen molar-refractivity contribution in [3.8, 4) is 56.8 Å². The van der Waals surface area contributed by atoms with Crippen LogP contribution in [0.4, 0.5) is 0 Å². The molecule has 0 fully saturated rings. The van der Waals surface area contributed by atoms with Crippen LogP contribution in [-0.4, -0.2) is 26.7 Å². The Morgan fingerprint density at radius 2 is 1.27 bits per heavy atom. The lowest BCUT2D eigenvalue weighted by Gasteiger charge is -2.22. The molecule has 1 N–H and O–H groups in total. The van der Waals surface area contributed by atoms with E-state index in [0.717, 1.165) is 5.56 Å². The van der Waals surface area contributed by atoms with Gasteiger partial charge in [-0.25, -0.2) is 4.98 Å². The van der Waals surface area contributed by atoms with E-state index in [9.17, 15) is 5.11 Å². The number of hydrogen-bond acceptors (Lipinski definition) is 5. The topological polar surface area (TPSA) is 68.1 Å². The van der Waals surface area contributed by atoms with E-state index in [1.54, 1.807) is 18.2 Å². The molecule has 1 aliphatic carbocycles. The third-order valence-corrected chi connectivity index (χ3v) is 7.07. The molecule has 0 amide bonds. The molecule has 0 atom stereocenters. The molecule has 0 aliphatic heterocycles. The Hall–Kier alpha value is -4.51. The standard InChI is InChI=1S/C32H27N3O2/c1-4-37-31-34-29(33-30(35-31)25-12-8-9-13-28(25)36)22-15-17-24-23-16-14-21(20-10-6-5-7-11-20)18-26(23)32(2,3)27(24)19-22/h5-19,36H,4H2,1-3H3. The predicted octanol–water partition coefficient (Wildman–Crippen LogP) is 7.28. The average molecular weight is 486 g/mol. The number of hydrogen-bond donors (Lipinski definition) is 1. The third-order valence-electron chi connectivity index (χ3n) is 7.07. The Bertz CT molecular complexity index is 1630. The van der Waals surface area contributed by atoms with E-state index in [2.05, 4.69) is 84.5 Å². The average Bonchev–Trinajstić information content (AvgIpc) is 3.15. The molecule has 0 saturated heterocycles. The van der Waals surface area contributed by atoms with Crippen molar-refractivity contribution in [3.05, 3.63) is 102 Å². The number of rotatable bonds is 5. The first-order chi connectivity index (χ1) is 18.0. The van der Waals surface area contributed by atoms with Gasteiger partial charge in [0.05, 0.1) is 12.2 Å². The van der Waals surface area contributed by atoms with Gasteiger partial charge in [-0.15, -0.1) is 0 Å². The smallest absolute Gasteiger partial charge is 0.320 e. The van der Waals surface area contributed by atoms with E-state index >= 15 is 0 Å². The van der Waals surface area contributed by atoms with E-state index < -0.39 is 0 Å². The van der Waals surface area contributed by atoms with Crippen molar-refractivity contribution in [2.24, 2.45) is 0 Å². The third kappa shape index (κ3) is 3.93. The zero-order chi connectivity index (χ0) is 25.6. The summed E-state index contributed by atoms with van der Waals surface area (Å²) in [5, 5.41) is 10.4. The van der Waals surface area contributed by atoms with Crippen LogP contribution in [0.2, 0.25) is 0 Å². The number of ether oxygens (including phenoxy) is 1. The van der Waals surface area contributed by atoms with Crippen molar-refractivity contribution < 1.29 is 9.84 Å². The first-order valence-corrected chi connectivity index (χ1v) is 12.5. The van der Waals surface area contributed by atoms with Crippen molar-refractivity contribution in [1.29, 1.82) is 0 Å². The van der Waals surface area contributed by atoms with Crippen LogP contribution < -0.4 is 4.74 Å². The molecule has 0 saturated carbocycles. The number of fused-ring (bicyclic) bond motifs is 3. The molecule has 0 unspecified atom stereocenters. The lowest BCUT2D eigenvalue weighted by Crippen LogP contribution is -2.15. The molecular weight excluding hydrogens is 458 g/mol. The van der Waals surface area contributed by atoms with Crippen LogP contribution in [-0.2, 0) is 5.41 Å². The molecule has 5 nitrogen and oxygen atoms in total. The minimum Gasteiger partial charge on any atom is -0.507 e. The minimum absolute atomic E-state index is 0.113.